The summed E-state index contributed by atoms with van der Waals surface area (Å²) in [7, 11) is 1.58. The van der Waals surface area contributed by atoms with Gasteiger partial charge in [0.1, 0.15) is 17.2 Å². The fourth-order valence-corrected chi connectivity index (χ4v) is 3.68. The standard InChI is InChI=1S/C29H24FNO4/c1-18(2)17-34-29-21(5-4-6-26(29)33-3)11-13-25-27(20-9-7-19(16-31)8-10-20)28(32)23-15-22(30)12-14-24(23)35-25/h4-15,18H,17H2,1-3H3/b13-11+. The van der Waals surface area contributed by atoms with E-state index >= 15 is 0 Å². The molecule has 0 spiro atoms. The van der Waals surface area contributed by atoms with Crippen molar-refractivity contribution < 1.29 is 18.3 Å². The van der Waals surface area contributed by atoms with Crippen LogP contribution in [-0.2, 0) is 0 Å². The molecular weight excluding hydrogens is 445 g/mol. The number of rotatable bonds is 7. The Labute approximate surface area is 202 Å². The van der Waals surface area contributed by atoms with Crippen molar-refractivity contribution in [1.29, 1.82) is 5.26 Å². The van der Waals surface area contributed by atoms with Gasteiger partial charge < -0.3 is 13.9 Å². The van der Waals surface area contributed by atoms with E-state index in [1.165, 1.54) is 18.2 Å². The number of hydrogen-bond donors (Lipinski definition) is 0. The van der Waals surface area contributed by atoms with Crippen molar-refractivity contribution in [1.82, 2.24) is 0 Å². The van der Waals surface area contributed by atoms with Gasteiger partial charge in [-0.3, -0.25) is 4.79 Å². The van der Waals surface area contributed by atoms with Crippen molar-refractivity contribution in [3.63, 3.8) is 0 Å². The molecule has 0 saturated carbocycles. The predicted molar refractivity (Wildman–Crippen MR) is 135 cm³/mol. The van der Waals surface area contributed by atoms with Crippen LogP contribution in [0.2, 0.25) is 0 Å². The Bertz CT molecular complexity index is 1490. The average molecular weight is 470 g/mol. The summed E-state index contributed by atoms with van der Waals surface area (Å²) in [6.07, 6.45) is 3.48. The van der Waals surface area contributed by atoms with Crippen molar-refractivity contribution >= 4 is 23.1 Å². The highest BCUT2D eigenvalue weighted by Crippen LogP contribution is 2.34. The lowest BCUT2D eigenvalue weighted by Gasteiger charge is -2.15. The Morgan fingerprint density at radius 2 is 1.86 bits per heavy atom. The smallest absolute Gasteiger partial charge is 0.201 e. The zero-order chi connectivity index (χ0) is 24.9. The summed E-state index contributed by atoms with van der Waals surface area (Å²) in [6.45, 7) is 4.62. The van der Waals surface area contributed by atoms with Gasteiger partial charge in [0.25, 0.3) is 0 Å². The molecule has 0 N–H and O–H groups in total. The third kappa shape index (κ3) is 5.10. The zero-order valence-electron chi connectivity index (χ0n) is 19.7. The quantitative estimate of drug-likeness (QED) is 0.302. The first kappa shape index (κ1) is 23.8. The van der Waals surface area contributed by atoms with Crippen molar-refractivity contribution in [2.75, 3.05) is 13.7 Å². The van der Waals surface area contributed by atoms with E-state index < -0.39 is 5.82 Å². The molecule has 0 saturated heterocycles. The number of methoxy groups -OCH3 is 1. The van der Waals surface area contributed by atoms with E-state index in [9.17, 15) is 9.18 Å². The maximum absolute atomic E-state index is 13.9. The maximum atomic E-state index is 13.9. The summed E-state index contributed by atoms with van der Waals surface area (Å²) in [4.78, 5) is 13.4. The molecule has 0 radical (unpaired) electrons. The minimum Gasteiger partial charge on any atom is -0.493 e. The molecule has 4 aromatic rings. The lowest BCUT2D eigenvalue weighted by Crippen LogP contribution is -2.08. The summed E-state index contributed by atoms with van der Waals surface area (Å²) in [5.41, 5.74) is 1.96. The van der Waals surface area contributed by atoms with Crippen LogP contribution in [0.15, 0.2) is 69.9 Å². The fraction of sp³-hybridized carbons (Fsp3) is 0.172. The van der Waals surface area contributed by atoms with E-state index in [2.05, 4.69) is 19.9 Å². The third-order valence-electron chi connectivity index (χ3n) is 5.39. The lowest BCUT2D eigenvalue weighted by molar-refractivity contribution is 0.256. The molecule has 0 unspecified atom stereocenters. The number of nitriles is 1. The van der Waals surface area contributed by atoms with E-state index in [1.54, 1.807) is 43.5 Å². The number of benzene rings is 3. The van der Waals surface area contributed by atoms with Crippen molar-refractivity contribution in [3.8, 4) is 28.7 Å². The minimum absolute atomic E-state index is 0.142. The molecule has 0 aliphatic rings. The SMILES string of the molecule is COc1cccc(/C=C/c2oc3ccc(F)cc3c(=O)c2-c2ccc(C#N)cc2)c1OCC(C)C. The summed E-state index contributed by atoms with van der Waals surface area (Å²) >= 11 is 0. The molecule has 0 aliphatic heterocycles. The van der Waals surface area contributed by atoms with Gasteiger partial charge in [-0.25, -0.2) is 4.39 Å². The van der Waals surface area contributed by atoms with Crippen LogP contribution in [0.3, 0.4) is 0 Å². The number of fused-ring (bicyclic) bond motifs is 1. The molecule has 3 aromatic carbocycles. The van der Waals surface area contributed by atoms with Crippen LogP contribution in [0.4, 0.5) is 4.39 Å². The molecule has 0 bridgehead atoms. The molecular formula is C29H24FNO4. The first-order valence-electron chi connectivity index (χ1n) is 11.2. The molecule has 1 aromatic heterocycles. The molecule has 5 nitrogen and oxygen atoms in total. The summed E-state index contributed by atoms with van der Waals surface area (Å²) < 4.78 is 31.5. The second-order valence-electron chi connectivity index (χ2n) is 8.42. The second-order valence-corrected chi connectivity index (χ2v) is 8.42. The summed E-state index contributed by atoms with van der Waals surface area (Å²) in [5.74, 6) is 1.28. The maximum Gasteiger partial charge on any atom is 0.201 e. The van der Waals surface area contributed by atoms with Crippen LogP contribution < -0.4 is 14.9 Å². The van der Waals surface area contributed by atoms with Gasteiger partial charge in [0, 0.05) is 5.56 Å². The normalized spacial score (nSPS) is 11.2. The van der Waals surface area contributed by atoms with Crippen LogP contribution >= 0.6 is 0 Å². The summed E-state index contributed by atoms with van der Waals surface area (Å²) in [5, 5.41) is 9.27. The Balaban J connectivity index is 1.89. The van der Waals surface area contributed by atoms with Crippen LogP contribution in [0.5, 0.6) is 11.5 Å². The molecule has 6 heteroatoms. The summed E-state index contributed by atoms with van der Waals surface area (Å²) in [6, 6.07) is 18.1. The van der Waals surface area contributed by atoms with E-state index in [0.29, 0.717) is 40.9 Å². The molecule has 0 fully saturated rings. The Hall–Kier alpha value is -4.37. The highest BCUT2D eigenvalue weighted by atomic mass is 19.1. The second kappa shape index (κ2) is 10.3. The van der Waals surface area contributed by atoms with Gasteiger partial charge in [-0.2, -0.15) is 5.26 Å². The van der Waals surface area contributed by atoms with Crippen LogP contribution in [0.25, 0.3) is 34.2 Å². The largest absolute Gasteiger partial charge is 0.493 e. The van der Waals surface area contributed by atoms with Gasteiger partial charge >= 0.3 is 0 Å². The Kier molecular flexibility index (Phi) is 6.98. The van der Waals surface area contributed by atoms with E-state index in [1.807, 2.05) is 18.2 Å². The molecule has 0 amide bonds. The van der Waals surface area contributed by atoms with Crippen molar-refractivity contribution in [2.24, 2.45) is 5.92 Å². The van der Waals surface area contributed by atoms with Gasteiger partial charge in [0.2, 0.25) is 5.43 Å². The van der Waals surface area contributed by atoms with Crippen molar-refractivity contribution in [3.05, 3.63) is 93.6 Å². The van der Waals surface area contributed by atoms with E-state index in [0.717, 1.165) is 5.56 Å². The number of para-hydroxylation sites is 1. The third-order valence-corrected chi connectivity index (χ3v) is 5.39. The minimum atomic E-state index is -0.526. The topological polar surface area (TPSA) is 72.5 Å². The van der Waals surface area contributed by atoms with Crippen LogP contribution in [-0.4, -0.2) is 13.7 Å². The van der Waals surface area contributed by atoms with Crippen LogP contribution in [0, 0.1) is 23.1 Å². The first-order chi connectivity index (χ1) is 16.9. The van der Waals surface area contributed by atoms with E-state index in [-0.39, 0.29) is 22.0 Å². The number of nitrogens with zero attached hydrogens (tertiary/aromatic N) is 1. The molecule has 176 valence electrons. The number of halogens is 1. The number of hydrogen-bond acceptors (Lipinski definition) is 5. The Morgan fingerprint density at radius 1 is 1.09 bits per heavy atom. The number of ether oxygens (including phenoxy) is 2. The van der Waals surface area contributed by atoms with Gasteiger partial charge in [-0.05, 0) is 60.0 Å². The fourth-order valence-electron chi connectivity index (χ4n) is 3.68. The molecule has 1 heterocycles. The van der Waals surface area contributed by atoms with Gasteiger partial charge in [0.15, 0.2) is 11.5 Å². The molecule has 0 aliphatic carbocycles. The average Bonchev–Trinajstić information content (AvgIpc) is 2.86. The lowest BCUT2D eigenvalue weighted by atomic mass is 10.00. The van der Waals surface area contributed by atoms with Gasteiger partial charge in [-0.1, -0.05) is 38.1 Å². The zero-order valence-corrected chi connectivity index (χ0v) is 19.7. The van der Waals surface area contributed by atoms with E-state index in [4.69, 9.17) is 19.2 Å². The first-order valence-corrected chi connectivity index (χ1v) is 11.2. The highest BCUT2D eigenvalue weighted by Gasteiger charge is 2.16. The molecule has 35 heavy (non-hydrogen) atoms. The monoisotopic (exact) mass is 469 g/mol. The van der Waals surface area contributed by atoms with Gasteiger partial charge in [-0.15, -0.1) is 0 Å². The molecule has 4 rings (SSSR count). The predicted octanol–water partition coefficient (Wildman–Crippen LogP) is 6.68. The van der Waals surface area contributed by atoms with Gasteiger partial charge in [0.05, 0.1) is 36.3 Å². The molecule has 0 atom stereocenters. The van der Waals surface area contributed by atoms with Crippen LogP contribution in [0.1, 0.15) is 30.7 Å². The Morgan fingerprint density at radius 3 is 2.54 bits per heavy atom. The van der Waals surface area contributed by atoms with Crippen molar-refractivity contribution in [2.45, 2.75) is 13.8 Å². The highest BCUT2D eigenvalue weighted by molar-refractivity contribution is 5.87.